The Morgan fingerprint density at radius 2 is 2.00 bits per heavy atom. The molecule has 2 rings (SSSR count). The maximum atomic E-state index is 11.8. The molecule has 2 nitrogen and oxygen atoms in total. The van der Waals surface area contributed by atoms with Crippen molar-refractivity contribution < 1.29 is 4.79 Å². The molecule has 4 heteroatoms. The average molecular weight is 336 g/mol. The van der Waals surface area contributed by atoms with Gasteiger partial charge in [-0.3, -0.25) is 4.79 Å². The molecule has 0 aliphatic heterocycles. The molecule has 1 aromatic heterocycles. The van der Waals surface area contributed by atoms with Gasteiger partial charge in [0.15, 0.2) is 0 Å². The highest BCUT2D eigenvalue weighted by Crippen LogP contribution is 2.23. The van der Waals surface area contributed by atoms with Gasteiger partial charge in [-0.05, 0) is 46.6 Å². The number of nitrogens with one attached hydrogen (secondary N) is 1. The lowest BCUT2D eigenvalue weighted by atomic mass is 10.1. The van der Waals surface area contributed by atoms with Crippen LogP contribution in [0.5, 0.6) is 0 Å². The van der Waals surface area contributed by atoms with E-state index in [1.807, 2.05) is 55.5 Å². The van der Waals surface area contributed by atoms with Crippen molar-refractivity contribution in [3.63, 3.8) is 0 Å². The van der Waals surface area contributed by atoms with Gasteiger partial charge in [0, 0.05) is 11.0 Å². The van der Waals surface area contributed by atoms with E-state index in [9.17, 15) is 4.79 Å². The van der Waals surface area contributed by atoms with Crippen LogP contribution < -0.4 is 5.32 Å². The molecule has 2 aromatic rings. The zero-order chi connectivity index (χ0) is 13.7. The third-order valence-corrected chi connectivity index (χ3v) is 4.24. The predicted molar refractivity (Wildman–Crippen MR) is 84.1 cm³/mol. The molecule has 0 radical (unpaired) electrons. The predicted octanol–water partition coefficient (Wildman–Crippen LogP) is 4.40. The third kappa shape index (κ3) is 4.33. The molecule has 0 aliphatic carbocycles. The molecule has 0 bridgehead atoms. The van der Waals surface area contributed by atoms with Crippen LogP contribution in [0.25, 0.3) is 6.08 Å². The largest absolute Gasteiger partial charge is 0.346 e. The number of halogens is 1. The van der Waals surface area contributed by atoms with Gasteiger partial charge in [-0.15, -0.1) is 11.3 Å². The fourth-order valence-electron chi connectivity index (χ4n) is 1.66. The van der Waals surface area contributed by atoms with Crippen LogP contribution in [0, 0.1) is 0 Å². The van der Waals surface area contributed by atoms with Crippen molar-refractivity contribution in [3.05, 3.63) is 62.8 Å². The molecule has 1 unspecified atom stereocenters. The Labute approximate surface area is 125 Å². The Morgan fingerprint density at radius 3 is 2.63 bits per heavy atom. The zero-order valence-corrected chi connectivity index (χ0v) is 12.9. The molecule has 0 saturated carbocycles. The minimum atomic E-state index is -0.0825. The fraction of sp³-hybridized carbons (Fsp3) is 0.133. The number of thiophene rings is 1. The number of hydrogen-bond donors (Lipinski definition) is 1. The summed E-state index contributed by atoms with van der Waals surface area (Å²) in [6, 6.07) is 13.9. The van der Waals surface area contributed by atoms with E-state index in [2.05, 4.69) is 21.2 Å². The van der Waals surface area contributed by atoms with E-state index in [-0.39, 0.29) is 11.9 Å². The molecule has 1 atom stereocenters. The maximum absolute atomic E-state index is 11.8. The van der Waals surface area contributed by atoms with Gasteiger partial charge >= 0.3 is 0 Å². The molecular weight excluding hydrogens is 322 g/mol. The first-order chi connectivity index (χ1) is 9.15. The van der Waals surface area contributed by atoms with E-state index in [0.29, 0.717) is 0 Å². The molecule has 19 heavy (non-hydrogen) atoms. The standard InChI is InChI=1S/C15H14BrNOS/c1-11(12-5-3-2-4-6-12)17-15(18)10-8-13-7-9-14(16)19-13/h2-11H,1H3,(H,17,18)/b10-8+. The monoisotopic (exact) mass is 335 g/mol. The normalized spacial score (nSPS) is 12.5. The molecule has 1 N–H and O–H groups in total. The first kappa shape index (κ1) is 14.0. The lowest BCUT2D eigenvalue weighted by Gasteiger charge is -2.12. The lowest BCUT2D eigenvalue weighted by Crippen LogP contribution is -2.24. The first-order valence-electron chi connectivity index (χ1n) is 5.94. The van der Waals surface area contributed by atoms with Gasteiger partial charge < -0.3 is 5.32 Å². The van der Waals surface area contributed by atoms with Crippen molar-refractivity contribution in [3.8, 4) is 0 Å². The van der Waals surface area contributed by atoms with Gasteiger partial charge in [-0.2, -0.15) is 0 Å². The Morgan fingerprint density at radius 1 is 1.26 bits per heavy atom. The van der Waals surface area contributed by atoms with Crippen LogP contribution in [-0.2, 0) is 4.79 Å². The SMILES string of the molecule is CC(NC(=O)/C=C/c1ccc(Br)s1)c1ccccc1. The Kier molecular flexibility index (Phi) is 4.93. The number of amides is 1. The van der Waals surface area contributed by atoms with Crippen LogP contribution in [0.4, 0.5) is 0 Å². The second-order valence-electron chi connectivity index (χ2n) is 4.12. The fourth-order valence-corrected chi connectivity index (χ4v) is 2.99. The second kappa shape index (κ2) is 6.68. The van der Waals surface area contributed by atoms with Crippen molar-refractivity contribution in [2.45, 2.75) is 13.0 Å². The van der Waals surface area contributed by atoms with Crippen molar-refractivity contribution in [1.82, 2.24) is 5.32 Å². The minimum Gasteiger partial charge on any atom is -0.346 e. The summed E-state index contributed by atoms with van der Waals surface area (Å²) < 4.78 is 1.06. The molecule has 0 spiro atoms. The van der Waals surface area contributed by atoms with Gasteiger partial charge in [0.1, 0.15) is 0 Å². The molecule has 98 valence electrons. The van der Waals surface area contributed by atoms with E-state index < -0.39 is 0 Å². The smallest absolute Gasteiger partial charge is 0.244 e. The summed E-state index contributed by atoms with van der Waals surface area (Å²) >= 11 is 4.99. The number of carbonyl (C=O) groups is 1. The van der Waals surface area contributed by atoms with Crippen LogP contribution in [0.3, 0.4) is 0 Å². The lowest BCUT2D eigenvalue weighted by molar-refractivity contribution is -0.117. The van der Waals surface area contributed by atoms with E-state index >= 15 is 0 Å². The van der Waals surface area contributed by atoms with Crippen LogP contribution in [0.2, 0.25) is 0 Å². The summed E-state index contributed by atoms with van der Waals surface area (Å²) in [6.07, 6.45) is 3.39. The highest BCUT2D eigenvalue weighted by molar-refractivity contribution is 9.11. The van der Waals surface area contributed by atoms with Crippen LogP contribution in [-0.4, -0.2) is 5.91 Å². The molecule has 0 aliphatic rings. The van der Waals surface area contributed by atoms with Gasteiger partial charge in [-0.1, -0.05) is 30.3 Å². The molecule has 0 fully saturated rings. The summed E-state index contributed by atoms with van der Waals surface area (Å²) in [5, 5.41) is 2.94. The third-order valence-electron chi connectivity index (χ3n) is 2.65. The Bertz CT molecular complexity index is 577. The summed E-state index contributed by atoms with van der Waals surface area (Å²) in [4.78, 5) is 12.9. The Balaban J connectivity index is 1.93. The Hall–Kier alpha value is -1.39. The van der Waals surface area contributed by atoms with Crippen molar-refractivity contribution in [1.29, 1.82) is 0 Å². The second-order valence-corrected chi connectivity index (χ2v) is 6.61. The molecule has 0 saturated heterocycles. The van der Waals surface area contributed by atoms with Crippen LogP contribution in [0.15, 0.2) is 52.3 Å². The van der Waals surface area contributed by atoms with Crippen molar-refractivity contribution >= 4 is 39.2 Å². The van der Waals surface area contributed by atoms with Gasteiger partial charge in [0.2, 0.25) is 5.91 Å². The summed E-state index contributed by atoms with van der Waals surface area (Å²) in [5.74, 6) is -0.0825. The minimum absolute atomic E-state index is 0.00780. The molecule has 1 heterocycles. The van der Waals surface area contributed by atoms with E-state index in [0.717, 1.165) is 14.2 Å². The van der Waals surface area contributed by atoms with Crippen molar-refractivity contribution in [2.75, 3.05) is 0 Å². The topological polar surface area (TPSA) is 29.1 Å². The number of hydrogen-bond acceptors (Lipinski definition) is 2. The highest BCUT2D eigenvalue weighted by atomic mass is 79.9. The summed E-state index contributed by atoms with van der Waals surface area (Å²) in [7, 11) is 0. The zero-order valence-electron chi connectivity index (χ0n) is 10.5. The van der Waals surface area contributed by atoms with Gasteiger partial charge in [-0.25, -0.2) is 0 Å². The molecule has 1 amide bonds. The van der Waals surface area contributed by atoms with Crippen LogP contribution >= 0.6 is 27.3 Å². The number of carbonyl (C=O) groups excluding carboxylic acids is 1. The van der Waals surface area contributed by atoms with Gasteiger partial charge in [0.25, 0.3) is 0 Å². The van der Waals surface area contributed by atoms with E-state index in [1.165, 1.54) is 0 Å². The van der Waals surface area contributed by atoms with Crippen molar-refractivity contribution in [2.24, 2.45) is 0 Å². The van der Waals surface area contributed by atoms with Crippen LogP contribution in [0.1, 0.15) is 23.4 Å². The first-order valence-corrected chi connectivity index (χ1v) is 7.55. The summed E-state index contributed by atoms with van der Waals surface area (Å²) in [6.45, 7) is 1.98. The highest BCUT2D eigenvalue weighted by Gasteiger charge is 2.06. The van der Waals surface area contributed by atoms with Gasteiger partial charge in [0.05, 0.1) is 9.83 Å². The van der Waals surface area contributed by atoms with E-state index in [1.54, 1.807) is 17.4 Å². The number of rotatable bonds is 4. The molecular formula is C15H14BrNOS. The summed E-state index contributed by atoms with van der Waals surface area (Å²) in [5.41, 5.74) is 1.10. The van der Waals surface area contributed by atoms with E-state index in [4.69, 9.17) is 0 Å². The quantitative estimate of drug-likeness (QED) is 0.824. The number of benzene rings is 1. The average Bonchev–Trinajstić information content (AvgIpc) is 2.83. The molecule has 1 aromatic carbocycles. The maximum Gasteiger partial charge on any atom is 0.244 e.